The van der Waals surface area contributed by atoms with Crippen molar-refractivity contribution in [3.63, 3.8) is 0 Å². The van der Waals surface area contributed by atoms with Gasteiger partial charge in [-0.1, -0.05) is 6.42 Å². The molecule has 1 aromatic heterocycles. The Balaban J connectivity index is 2.17. The molecule has 2 nitrogen and oxygen atoms in total. The number of rotatable bonds is 2. The fraction of sp³-hybridized carbons (Fsp3) is 0.500. The van der Waals surface area contributed by atoms with Crippen molar-refractivity contribution < 1.29 is 0 Å². The topological polar surface area (TPSA) is 22.0 Å². The van der Waals surface area contributed by atoms with Crippen LogP contribution < -0.4 is 5.56 Å². The fourth-order valence-corrected chi connectivity index (χ4v) is 1.98. The van der Waals surface area contributed by atoms with Crippen molar-refractivity contribution >= 4 is 15.9 Å². The summed E-state index contributed by atoms with van der Waals surface area (Å²) in [6, 6.07) is 3.41. The first kappa shape index (κ1) is 9.00. The lowest BCUT2D eigenvalue weighted by Crippen LogP contribution is -2.26. The molecule has 0 aromatic carbocycles. The van der Waals surface area contributed by atoms with Crippen molar-refractivity contribution in [2.45, 2.75) is 25.8 Å². The molecule has 0 radical (unpaired) electrons. The highest BCUT2D eigenvalue weighted by molar-refractivity contribution is 9.10. The smallest absolute Gasteiger partial charge is 0.250 e. The monoisotopic (exact) mass is 241 g/mol. The minimum absolute atomic E-state index is 0.107. The van der Waals surface area contributed by atoms with Crippen LogP contribution in [0.2, 0.25) is 0 Å². The second kappa shape index (κ2) is 3.66. The number of nitrogens with zero attached hydrogens (tertiary/aromatic N) is 1. The SMILES string of the molecule is O=c1ccc(Br)cn1CC1CCC1. The van der Waals surface area contributed by atoms with Crippen LogP contribution in [0.5, 0.6) is 0 Å². The van der Waals surface area contributed by atoms with Gasteiger partial charge in [-0.05, 0) is 40.8 Å². The van der Waals surface area contributed by atoms with Gasteiger partial charge in [0.15, 0.2) is 0 Å². The van der Waals surface area contributed by atoms with E-state index in [1.807, 2.05) is 6.20 Å². The summed E-state index contributed by atoms with van der Waals surface area (Å²) < 4.78 is 2.78. The molecule has 0 amide bonds. The third-order valence-corrected chi connectivity index (χ3v) is 3.10. The summed E-state index contributed by atoms with van der Waals surface area (Å²) in [7, 11) is 0. The Bertz CT molecular complexity index is 354. The molecule has 1 heterocycles. The summed E-state index contributed by atoms with van der Waals surface area (Å²) in [6.45, 7) is 0.887. The van der Waals surface area contributed by atoms with Gasteiger partial charge in [0.1, 0.15) is 0 Å². The maximum absolute atomic E-state index is 11.4. The largest absolute Gasteiger partial charge is 0.314 e. The van der Waals surface area contributed by atoms with Crippen molar-refractivity contribution in [2.24, 2.45) is 5.92 Å². The molecule has 0 atom stereocenters. The van der Waals surface area contributed by atoms with Crippen LogP contribution in [0.15, 0.2) is 27.6 Å². The van der Waals surface area contributed by atoms with Crippen LogP contribution in [0.1, 0.15) is 19.3 Å². The van der Waals surface area contributed by atoms with Crippen LogP contribution in [0, 0.1) is 5.92 Å². The van der Waals surface area contributed by atoms with E-state index in [0.717, 1.165) is 16.9 Å². The molecule has 1 fully saturated rings. The molecular formula is C10H12BrNO. The van der Waals surface area contributed by atoms with Crippen LogP contribution in [0.4, 0.5) is 0 Å². The third-order valence-electron chi connectivity index (χ3n) is 2.63. The van der Waals surface area contributed by atoms with Gasteiger partial charge in [-0.2, -0.15) is 0 Å². The third kappa shape index (κ3) is 2.02. The zero-order chi connectivity index (χ0) is 9.26. The van der Waals surface area contributed by atoms with E-state index in [-0.39, 0.29) is 5.56 Å². The van der Waals surface area contributed by atoms with Gasteiger partial charge in [0, 0.05) is 23.3 Å². The Morgan fingerprint density at radius 3 is 2.85 bits per heavy atom. The normalized spacial score (nSPS) is 17.0. The minimum Gasteiger partial charge on any atom is -0.314 e. The van der Waals surface area contributed by atoms with Gasteiger partial charge < -0.3 is 4.57 Å². The quantitative estimate of drug-likeness (QED) is 0.780. The van der Waals surface area contributed by atoms with E-state index in [1.165, 1.54) is 19.3 Å². The molecule has 1 aliphatic rings. The molecule has 2 rings (SSSR count). The van der Waals surface area contributed by atoms with Crippen LogP contribution in [-0.2, 0) is 6.54 Å². The van der Waals surface area contributed by atoms with Crippen LogP contribution in [-0.4, -0.2) is 4.57 Å². The van der Waals surface area contributed by atoms with Crippen molar-refractivity contribution in [3.8, 4) is 0 Å². The molecule has 0 N–H and O–H groups in total. The second-order valence-corrected chi connectivity index (χ2v) is 4.55. The van der Waals surface area contributed by atoms with E-state index >= 15 is 0 Å². The molecule has 1 saturated carbocycles. The standard InChI is InChI=1S/C10H12BrNO/c11-9-4-5-10(13)12(7-9)6-8-2-1-3-8/h4-5,7-8H,1-3,6H2. The number of hydrogen-bond donors (Lipinski definition) is 0. The zero-order valence-electron chi connectivity index (χ0n) is 7.37. The number of halogens is 1. The van der Waals surface area contributed by atoms with Gasteiger partial charge >= 0.3 is 0 Å². The molecule has 0 spiro atoms. The highest BCUT2D eigenvalue weighted by Gasteiger charge is 2.17. The summed E-state index contributed by atoms with van der Waals surface area (Å²) in [5, 5.41) is 0. The first-order valence-corrected chi connectivity index (χ1v) is 5.41. The summed E-state index contributed by atoms with van der Waals surface area (Å²) in [5.74, 6) is 0.729. The molecule has 0 bridgehead atoms. The average Bonchev–Trinajstić information content (AvgIpc) is 2.03. The lowest BCUT2D eigenvalue weighted by Gasteiger charge is -2.25. The highest BCUT2D eigenvalue weighted by atomic mass is 79.9. The summed E-state index contributed by atoms with van der Waals surface area (Å²) in [4.78, 5) is 11.4. The number of hydrogen-bond acceptors (Lipinski definition) is 1. The summed E-state index contributed by atoms with van der Waals surface area (Å²) >= 11 is 3.37. The molecule has 13 heavy (non-hydrogen) atoms. The lowest BCUT2D eigenvalue weighted by molar-refractivity contribution is 0.273. The van der Waals surface area contributed by atoms with Crippen molar-refractivity contribution in [1.82, 2.24) is 4.57 Å². The zero-order valence-corrected chi connectivity index (χ0v) is 8.96. The van der Waals surface area contributed by atoms with Crippen molar-refractivity contribution in [1.29, 1.82) is 0 Å². The molecule has 0 aliphatic heterocycles. The Hall–Kier alpha value is -0.570. The van der Waals surface area contributed by atoms with Gasteiger partial charge in [-0.25, -0.2) is 0 Å². The summed E-state index contributed by atoms with van der Waals surface area (Å²) in [5.41, 5.74) is 0.107. The van der Waals surface area contributed by atoms with E-state index in [2.05, 4.69) is 15.9 Å². The Labute approximate surface area is 85.7 Å². The molecule has 0 saturated heterocycles. The van der Waals surface area contributed by atoms with Gasteiger partial charge in [-0.3, -0.25) is 4.79 Å². The predicted octanol–water partition coefficient (Wildman–Crippen LogP) is 2.41. The maximum Gasteiger partial charge on any atom is 0.250 e. The van der Waals surface area contributed by atoms with E-state index in [4.69, 9.17) is 0 Å². The van der Waals surface area contributed by atoms with E-state index in [1.54, 1.807) is 16.7 Å². The number of pyridine rings is 1. The van der Waals surface area contributed by atoms with Crippen molar-refractivity contribution in [3.05, 3.63) is 33.2 Å². The molecule has 1 aromatic rings. The van der Waals surface area contributed by atoms with E-state index < -0.39 is 0 Å². The van der Waals surface area contributed by atoms with E-state index in [0.29, 0.717) is 0 Å². The first-order valence-electron chi connectivity index (χ1n) is 4.62. The van der Waals surface area contributed by atoms with Crippen molar-refractivity contribution in [2.75, 3.05) is 0 Å². The molecule has 3 heteroatoms. The molecule has 70 valence electrons. The van der Waals surface area contributed by atoms with Gasteiger partial charge in [0.25, 0.3) is 5.56 Å². The molecular weight excluding hydrogens is 230 g/mol. The Kier molecular flexibility index (Phi) is 2.54. The average molecular weight is 242 g/mol. The van der Waals surface area contributed by atoms with Crippen LogP contribution in [0.3, 0.4) is 0 Å². The lowest BCUT2D eigenvalue weighted by atomic mass is 9.85. The maximum atomic E-state index is 11.4. The Morgan fingerprint density at radius 1 is 1.46 bits per heavy atom. The second-order valence-electron chi connectivity index (χ2n) is 3.63. The van der Waals surface area contributed by atoms with Gasteiger partial charge in [0.05, 0.1) is 0 Å². The first-order chi connectivity index (χ1) is 6.25. The van der Waals surface area contributed by atoms with Crippen LogP contribution >= 0.6 is 15.9 Å². The fourth-order valence-electron chi connectivity index (χ4n) is 1.60. The van der Waals surface area contributed by atoms with Gasteiger partial charge in [-0.15, -0.1) is 0 Å². The molecule has 0 unspecified atom stereocenters. The molecule has 1 aliphatic carbocycles. The summed E-state index contributed by atoms with van der Waals surface area (Å²) in [6.07, 6.45) is 5.76. The minimum atomic E-state index is 0.107. The van der Waals surface area contributed by atoms with E-state index in [9.17, 15) is 4.79 Å². The van der Waals surface area contributed by atoms with Crippen LogP contribution in [0.25, 0.3) is 0 Å². The highest BCUT2D eigenvalue weighted by Crippen LogP contribution is 2.27. The number of aromatic nitrogens is 1. The Morgan fingerprint density at radius 2 is 2.23 bits per heavy atom. The van der Waals surface area contributed by atoms with Gasteiger partial charge in [0.2, 0.25) is 0 Å². The predicted molar refractivity (Wildman–Crippen MR) is 55.7 cm³/mol.